The molecule has 0 aromatic carbocycles. The number of rotatable bonds is 2. The molecule has 0 amide bonds. The standard InChI is InChI=1S/C11H14N2O4S/c1-17-10(14)7-3-4-9-8(5-7)6-12-11(13-9)18(2,15)16/h6-7H,3-5H2,1-2H3/t7-/m1/s1. The predicted molar refractivity (Wildman–Crippen MR) is 62.7 cm³/mol. The van der Waals surface area contributed by atoms with E-state index < -0.39 is 9.84 Å². The second-order valence-electron chi connectivity index (χ2n) is 4.36. The van der Waals surface area contributed by atoms with Gasteiger partial charge >= 0.3 is 5.97 Å². The summed E-state index contributed by atoms with van der Waals surface area (Å²) in [5, 5.41) is -0.155. The van der Waals surface area contributed by atoms with Crippen molar-refractivity contribution in [2.75, 3.05) is 13.4 Å². The van der Waals surface area contributed by atoms with Crippen LogP contribution in [-0.4, -0.2) is 37.7 Å². The van der Waals surface area contributed by atoms with Gasteiger partial charge in [0.05, 0.1) is 13.0 Å². The first kappa shape index (κ1) is 12.9. The smallest absolute Gasteiger partial charge is 0.309 e. The van der Waals surface area contributed by atoms with Gasteiger partial charge in [-0.2, -0.15) is 0 Å². The van der Waals surface area contributed by atoms with E-state index >= 15 is 0 Å². The molecule has 2 rings (SSSR count). The third kappa shape index (κ3) is 2.50. The first-order valence-electron chi connectivity index (χ1n) is 5.54. The molecule has 0 N–H and O–H groups in total. The van der Waals surface area contributed by atoms with Gasteiger partial charge in [-0.15, -0.1) is 0 Å². The summed E-state index contributed by atoms with van der Waals surface area (Å²) in [5.41, 5.74) is 1.54. The Labute approximate surface area is 105 Å². The minimum atomic E-state index is -3.38. The van der Waals surface area contributed by atoms with Crippen LogP contribution in [0.25, 0.3) is 0 Å². The van der Waals surface area contributed by atoms with Gasteiger partial charge in [-0.3, -0.25) is 4.79 Å². The molecule has 0 saturated carbocycles. The molecule has 0 bridgehead atoms. The minimum absolute atomic E-state index is 0.155. The van der Waals surface area contributed by atoms with E-state index in [1.807, 2.05) is 0 Å². The summed E-state index contributed by atoms with van der Waals surface area (Å²) in [4.78, 5) is 19.3. The number of aryl methyl sites for hydroxylation is 1. The predicted octanol–water partition coefficient (Wildman–Crippen LogP) is 0.158. The fourth-order valence-electron chi connectivity index (χ4n) is 2.04. The number of sulfone groups is 1. The van der Waals surface area contributed by atoms with Crippen molar-refractivity contribution in [2.45, 2.75) is 24.4 Å². The molecule has 6 nitrogen and oxygen atoms in total. The summed E-state index contributed by atoms with van der Waals surface area (Å²) in [5.74, 6) is -0.428. The van der Waals surface area contributed by atoms with Crippen molar-refractivity contribution in [1.29, 1.82) is 0 Å². The Balaban J connectivity index is 2.29. The summed E-state index contributed by atoms with van der Waals surface area (Å²) in [6.45, 7) is 0. The van der Waals surface area contributed by atoms with Crippen LogP contribution >= 0.6 is 0 Å². The SMILES string of the molecule is COC(=O)[C@@H]1CCc2nc(S(C)(=O)=O)ncc2C1. The van der Waals surface area contributed by atoms with E-state index in [9.17, 15) is 13.2 Å². The van der Waals surface area contributed by atoms with Crippen molar-refractivity contribution in [2.24, 2.45) is 5.92 Å². The van der Waals surface area contributed by atoms with Gasteiger partial charge < -0.3 is 4.74 Å². The van der Waals surface area contributed by atoms with E-state index in [-0.39, 0.29) is 17.0 Å². The molecule has 0 spiro atoms. The van der Waals surface area contributed by atoms with Crippen molar-refractivity contribution in [3.8, 4) is 0 Å². The van der Waals surface area contributed by atoms with Gasteiger partial charge in [0.1, 0.15) is 0 Å². The Bertz CT molecular complexity index is 583. The highest BCUT2D eigenvalue weighted by Crippen LogP contribution is 2.25. The van der Waals surface area contributed by atoms with Crippen LogP contribution in [0.2, 0.25) is 0 Å². The number of esters is 1. The highest BCUT2D eigenvalue weighted by atomic mass is 32.2. The van der Waals surface area contributed by atoms with Crippen molar-refractivity contribution >= 4 is 15.8 Å². The normalized spacial score (nSPS) is 19.1. The molecule has 0 aliphatic heterocycles. The average Bonchev–Trinajstić information content (AvgIpc) is 2.35. The van der Waals surface area contributed by atoms with Crippen molar-refractivity contribution in [3.63, 3.8) is 0 Å². The zero-order valence-electron chi connectivity index (χ0n) is 10.2. The molecular formula is C11H14N2O4S. The molecule has 1 aliphatic carbocycles. The van der Waals surface area contributed by atoms with E-state index in [4.69, 9.17) is 4.74 Å². The number of methoxy groups -OCH3 is 1. The molecule has 0 saturated heterocycles. The number of hydrogen-bond donors (Lipinski definition) is 0. The molecule has 1 aromatic rings. The highest BCUT2D eigenvalue weighted by molar-refractivity contribution is 7.90. The number of carbonyl (C=O) groups is 1. The quantitative estimate of drug-likeness (QED) is 0.562. The Kier molecular flexibility index (Phi) is 3.34. The molecule has 0 fully saturated rings. The number of ether oxygens (including phenoxy) is 1. The maximum Gasteiger partial charge on any atom is 0.309 e. The first-order valence-corrected chi connectivity index (χ1v) is 7.43. The van der Waals surface area contributed by atoms with E-state index in [0.29, 0.717) is 25.0 Å². The van der Waals surface area contributed by atoms with E-state index in [2.05, 4.69) is 9.97 Å². The summed E-state index contributed by atoms with van der Waals surface area (Å²) >= 11 is 0. The molecule has 0 unspecified atom stereocenters. The van der Waals surface area contributed by atoms with Gasteiger partial charge in [0.2, 0.25) is 15.0 Å². The summed E-state index contributed by atoms with van der Waals surface area (Å²) in [7, 11) is -2.02. The molecule has 1 heterocycles. The van der Waals surface area contributed by atoms with Crippen LogP contribution in [0.5, 0.6) is 0 Å². The largest absolute Gasteiger partial charge is 0.469 e. The second-order valence-corrected chi connectivity index (χ2v) is 6.27. The summed E-state index contributed by atoms with van der Waals surface area (Å²) in [6, 6.07) is 0. The lowest BCUT2D eigenvalue weighted by atomic mass is 9.87. The number of aromatic nitrogens is 2. The van der Waals surface area contributed by atoms with Gasteiger partial charge in [-0.25, -0.2) is 18.4 Å². The van der Waals surface area contributed by atoms with Gasteiger partial charge in [-0.1, -0.05) is 0 Å². The van der Waals surface area contributed by atoms with Crippen LogP contribution < -0.4 is 0 Å². The van der Waals surface area contributed by atoms with Crippen LogP contribution in [0, 0.1) is 5.92 Å². The lowest BCUT2D eigenvalue weighted by Gasteiger charge is -2.21. The Morgan fingerprint density at radius 3 is 2.83 bits per heavy atom. The number of nitrogens with zero attached hydrogens (tertiary/aromatic N) is 2. The maximum atomic E-state index is 11.4. The first-order chi connectivity index (χ1) is 8.41. The molecule has 7 heteroatoms. The molecule has 98 valence electrons. The van der Waals surface area contributed by atoms with Crippen LogP contribution in [0.15, 0.2) is 11.4 Å². The number of fused-ring (bicyclic) bond motifs is 1. The molecule has 18 heavy (non-hydrogen) atoms. The Morgan fingerprint density at radius 2 is 2.22 bits per heavy atom. The summed E-state index contributed by atoms with van der Waals surface area (Å²) in [6.07, 6.45) is 4.27. The zero-order chi connectivity index (χ0) is 13.3. The molecule has 1 aliphatic rings. The average molecular weight is 270 g/mol. The third-order valence-corrected chi connectivity index (χ3v) is 3.85. The molecule has 1 atom stereocenters. The Hall–Kier alpha value is -1.50. The number of hydrogen-bond acceptors (Lipinski definition) is 6. The monoisotopic (exact) mass is 270 g/mol. The maximum absolute atomic E-state index is 11.4. The lowest BCUT2D eigenvalue weighted by molar-refractivity contribution is -0.145. The Morgan fingerprint density at radius 1 is 1.50 bits per heavy atom. The van der Waals surface area contributed by atoms with Crippen LogP contribution in [0.3, 0.4) is 0 Å². The van der Waals surface area contributed by atoms with E-state index in [1.165, 1.54) is 13.3 Å². The zero-order valence-corrected chi connectivity index (χ0v) is 11.0. The van der Waals surface area contributed by atoms with E-state index in [1.54, 1.807) is 0 Å². The topological polar surface area (TPSA) is 86.2 Å². The van der Waals surface area contributed by atoms with E-state index in [0.717, 1.165) is 11.8 Å². The van der Waals surface area contributed by atoms with Gasteiger partial charge in [-0.05, 0) is 24.8 Å². The molecule has 0 radical (unpaired) electrons. The van der Waals surface area contributed by atoms with Crippen molar-refractivity contribution < 1.29 is 17.9 Å². The number of carbonyl (C=O) groups excluding carboxylic acids is 1. The highest BCUT2D eigenvalue weighted by Gasteiger charge is 2.27. The second kappa shape index (κ2) is 4.64. The van der Waals surface area contributed by atoms with Crippen LogP contribution in [-0.2, 0) is 32.2 Å². The van der Waals surface area contributed by atoms with Crippen LogP contribution in [0.1, 0.15) is 17.7 Å². The van der Waals surface area contributed by atoms with Crippen molar-refractivity contribution in [1.82, 2.24) is 9.97 Å². The summed E-state index contributed by atoms with van der Waals surface area (Å²) < 4.78 is 27.4. The minimum Gasteiger partial charge on any atom is -0.469 e. The molecule has 1 aromatic heterocycles. The lowest BCUT2D eigenvalue weighted by Crippen LogP contribution is -2.25. The van der Waals surface area contributed by atoms with Gasteiger partial charge in [0.25, 0.3) is 0 Å². The fraction of sp³-hybridized carbons (Fsp3) is 0.545. The van der Waals surface area contributed by atoms with Gasteiger partial charge in [0, 0.05) is 18.1 Å². The van der Waals surface area contributed by atoms with Crippen LogP contribution in [0.4, 0.5) is 0 Å². The molecular weight excluding hydrogens is 256 g/mol. The van der Waals surface area contributed by atoms with Crippen molar-refractivity contribution in [3.05, 3.63) is 17.5 Å². The van der Waals surface area contributed by atoms with Gasteiger partial charge in [0.15, 0.2) is 0 Å². The third-order valence-electron chi connectivity index (χ3n) is 2.99. The fourth-order valence-corrected chi connectivity index (χ4v) is 2.56.